The molecule has 1 unspecified atom stereocenters. The number of nitrogens with one attached hydrogen (secondary N) is 1. The molecule has 6 heteroatoms. The number of hydrogen-bond acceptors (Lipinski definition) is 6. The van der Waals surface area contributed by atoms with Crippen LogP contribution in [0.3, 0.4) is 0 Å². The average Bonchev–Trinajstić information content (AvgIpc) is 2.65. The summed E-state index contributed by atoms with van der Waals surface area (Å²) in [6.07, 6.45) is 1.75. The highest BCUT2D eigenvalue weighted by molar-refractivity contribution is 5.88. The second-order valence-electron chi connectivity index (χ2n) is 7.20. The molecule has 3 rings (SSSR count). The number of anilines is 1. The van der Waals surface area contributed by atoms with Crippen molar-refractivity contribution in [3.63, 3.8) is 0 Å². The molecular weight excluding hydrogens is 336 g/mol. The molecule has 148 valence electrons. The van der Waals surface area contributed by atoms with E-state index in [0.29, 0.717) is 0 Å². The SMILES string of the molecule is C=CC.CNc1ccc2c(c1)C(C)N(N=C(C)C)C(N1CCN(C)CC1)=N2. The lowest BCUT2D eigenvalue weighted by atomic mass is 10.0. The smallest absolute Gasteiger partial charge is 0.223 e. The Morgan fingerprint density at radius 1 is 1.26 bits per heavy atom. The van der Waals surface area contributed by atoms with Crippen LogP contribution >= 0.6 is 0 Å². The fraction of sp³-hybridized carbons (Fsp3) is 0.524. The molecule has 1 atom stereocenters. The first-order valence-electron chi connectivity index (χ1n) is 9.63. The summed E-state index contributed by atoms with van der Waals surface area (Å²) in [4.78, 5) is 9.68. The van der Waals surface area contributed by atoms with Crippen LogP contribution in [-0.2, 0) is 0 Å². The Morgan fingerprint density at radius 2 is 1.89 bits per heavy atom. The lowest BCUT2D eigenvalue weighted by molar-refractivity contribution is 0.186. The predicted molar refractivity (Wildman–Crippen MR) is 117 cm³/mol. The van der Waals surface area contributed by atoms with E-state index in [1.165, 1.54) is 5.56 Å². The van der Waals surface area contributed by atoms with Crippen molar-refractivity contribution >= 4 is 23.0 Å². The molecule has 2 heterocycles. The van der Waals surface area contributed by atoms with Crippen LogP contribution in [-0.4, -0.2) is 66.8 Å². The average molecular weight is 371 g/mol. The van der Waals surface area contributed by atoms with Gasteiger partial charge < -0.3 is 15.1 Å². The minimum absolute atomic E-state index is 0.162. The van der Waals surface area contributed by atoms with Gasteiger partial charge in [-0.25, -0.2) is 10.0 Å². The summed E-state index contributed by atoms with van der Waals surface area (Å²) in [5.41, 5.74) is 4.41. The third-order valence-corrected chi connectivity index (χ3v) is 4.65. The van der Waals surface area contributed by atoms with Crippen molar-refractivity contribution in [2.45, 2.75) is 33.7 Å². The molecule has 0 bridgehead atoms. The van der Waals surface area contributed by atoms with Crippen LogP contribution in [0.25, 0.3) is 0 Å². The van der Waals surface area contributed by atoms with Gasteiger partial charge >= 0.3 is 0 Å². The second-order valence-corrected chi connectivity index (χ2v) is 7.20. The first kappa shape index (κ1) is 21.0. The number of allylic oxidation sites excluding steroid dienone is 1. The van der Waals surface area contributed by atoms with Gasteiger partial charge in [-0.2, -0.15) is 5.10 Å². The molecule has 6 nitrogen and oxygen atoms in total. The number of piperazine rings is 1. The number of aliphatic imine (C=N–C) groups is 1. The topological polar surface area (TPSA) is 46.5 Å². The zero-order valence-electron chi connectivity index (χ0n) is 17.7. The molecule has 1 fully saturated rings. The first-order valence-corrected chi connectivity index (χ1v) is 9.63. The number of nitrogens with zero attached hydrogens (tertiary/aromatic N) is 5. The molecule has 0 saturated carbocycles. The molecular formula is C21H34N6. The molecule has 1 aromatic rings. The Kier molecular flexibility index (Phi) is 7.42. The molecule has 27 heavy (non-hydrogen) atoms. The van der Waals surface area contributed by atoms with Gasteiger partial charge in [0.05, 0.1) is 11.7 Å². The zero-order valence-corrected chi connectivity index (χ0v) is 17.7. The zero-order chi connectivity index (χ0) is 20.0. The van der Waals surface area contributed by atoms with Crippen molar-refractivity contribution in [2.75, 3.05) is 45.6 Å². The van der Waals surface area contributed by atoms with Gasteiger partial charge in [0.2, 0.25) is 5.96 Å². The Morgan fingerprint density at radius 3 is 2.44 bits per heavy atom. The van der Waals surface area contributed by atoms with Gasteiger partial charge in [0.15, 0.2) is 0 Å². The van der Waals surface area contributed by atoms with Gasteiger partial charge in [-0.1, -0.05) is 6.08 Å². The Hall–Kier alpha value is -2.34. The molecule has 0 spiro atoms. The summed E-state index contributed by atoms with van der Waals surface area (Å²) in [5.74, 6) is 0.974. The second kappa shape index (κ2) is 9.55. The predicted octanol–water partition coefficient (Wildman–Crippen LogP) is 3.93. The molecule has 1 saturated heterocycles. The van der Waals surface area contributed by atoms with Crippen LogP contribution in [0.1, 0.15) is 39.3 Å². The van der Waals surface area contributed by atoms with E-state index in [2.05, 4.69) is 58.9 Å². The third kappa shape index (κ3) is 5.10. The summed E-state index contributed by atoms with van der Waals surface area (Å²) < 4.78 is 0. The van der Waals surface area contributed by atoms with Gasteiger partial charge in [-0.05, 0) is 52.9 Å². The largest absolute Gasteiger partial charge is 0.388 e. The number of hydrazone groups is 1. The Labute approximate surface area is 164 Å². The lowest BCUT2D eigenvalue weighted by Gasteiger charge is -2.41. The lowest BCUT2D eigenvalue weighted by Crippen LogP contribution is -2.52. The van der Waals surface area contributed by atoms with Crippen LogP contribution in [0, 0.1) is 0 Å². The molecule has 2 aliphatic rings. The van der Waals surface area contributed by atoms with Crippen LogP contribution in [0.5, 0.6) is 0 Å². The summed E-state index contributed by atoms with van der Waals surface area (Å²) in [6, 6.07) is 6.53. The normalized spacial score (nSPS) is 19.3. The van der Waals surface area contributed by atoms with Crippen LogP contribution in [0.4, 0.5) is 11.4 Å². The van der Waals surface area contributed by atoms with Crippen molar-refractivity contribution in [2.24, 2.45) is 10.1 Å². The fourth-order valence-electron chi connectivity index (χ4n) is 3.18. The summed E-state index contributed by atoms with van der Waals surface area (Å²) in [6.45, 7) is 15.6. The van der Waals surface area contributed by atoms with Crippen LogP contribution in [0.15, 0.2) is 40.9 Å². The number of guanidine groups is 1. The maximum atomic E-state index is 4.97. The number of rotatable bonds is 2. The van der Waals surface area contributed by atoms with Gasteiger partial charge in [0, 0.05) is 50.2 Å². The number of fused-ring (bicyclic) bond motifs is 1. The van der Waals surface area contributed by atoms with E-state index < -0.39 is 0 Å². The van der Waals surface area contributed by atoms with Crippen LogP contribution in [0.2, 0.25) is 0 Å². The Balaban J connectivity index is 0.000000817. The van der Waals surface area contributed by atoms with E-state index in [4.69, 9.17) is 10.1 Å². The number of hydrogen-bond donors (Lipinski definition) is 1. The standard InChI is InChI=1S/C18H28N6.C3H6/c1-13(2)21-24-14(3)16-12-15(19-4)6-7-17(16)20-18(24)23-10-8-22(5)9-11-23;1-3-2/h6-7,12,14,19H,8-11H2,1-5H3;3H,1H2,2H3. The number of likely N-dealkylation sites (N-methyl/N-ethyl adjacent to an activating group) is 1. The van der Waals surface area contributed by atoms with Crippen molar-refractivity contribution in [3.05, 3.63) is 36.4 Å². The van der Waals surface area contributed by atoms with Gasteiger partial charge in [-0.3, -0.25) is 0 Å². The summed E-state index contributed by atoms with van der Waals surface area (Å²) in [7, 11) is 4.11. The third-order valence-electron chi connectivity index (χ3n) is 4.65. The minimum atomic E-state index is 0.162. The molecule has 2 aliphatic heterocycles. The van der Waals surface area contributed by atoms with Gasteiger partial charge in [-0.15, -0.1) is 6.58 Å². The summed E-state index contributed by atoms with van der Waals surface area (Å²) >= 11 is 0. The van der Waals surface area contributed by atoms with Crippen molar-refractivity contribution in [1.29, 1.82) is 0 Å². The molecule has 0 amide bonds. The summed E-state index contributed by atoms with van der Waals surface area (Å²) in [5, 5.41) is 10.1. The fourth-order valence-corrected chi connectivity index (χ4v) is 3.18. The molecule has 0 aromatic heterocycles. The maximum Gasteiger partial charge on any atom is 0.223 e. The highest BCUT2D eigenvalue weighted by Gasteiger charge is 2.31. The van der Waals surface area contributed by atoms with Crippen LogP contribution < -0.4 is 5.32 Å². The molecule has 0 radical (unpaired) electrons. The van der Waals surface area contributed by atoms with Gasteiger partial charge in [0.25, 0.3) is 0 Å². The van der Waals surface area contributed by atoms with Crippen molar-refractivity contribution < 1.29 is 0 Å². The quantitative estimate of drug-likeness (QED) is 0.633. The van der Waals surface area contributed by atoms with E-state index in [-0.39, 0.29) is 6.04 Å². The van der Waals surface area contributed by atoms with E-state index in [1.807, 2.05) is 27.8 Å². The monoisotopic (exact) mass is 370 g/mol. The van der Waals surface area contributed by atoms with E-state index >= 15 is 0 Å². The van der Waals surface area contributed by atoms with Crippen molar-refractivity contribution in [3.8, 4) is 0 Å². The van der Waals surface area contributed by atoms with E-state index in [9.17, 15) is 0 Å². The molecule has 0 aliphatic carbocycles. The molecule has 1 aromatic carbocycles. The van der Waals surface area contributed by atoms with E-state index in [0.717, 1.165) is 49.2 Å². The van der Waals surface area contributed by atoms with Gasteiger partial charge in [0.1, 0.15) is 0 Å². The minimum Gasteiger partial charge on any atom is -0.388 e. The first-order chi connectivity index (χ1) is 12.9. The number of benzene rings is 1. The van der Waals surface area contributed by atoms with E-state index in [1.54, 1.807) is 6.08 Å². The maximum absolute atomic E-state index is 4.97. The van der Waals surface area contributed by atoms with Crippen molar-refractivity contribution in [1.82, 2.24) is 14.8 Å². The Bertz CT molecular complexity index is 697. The highest BCUT2D eigenvalue weighted by Crippen LogP contribution is 2.37. The molecule has 1 N–H and O–H groups in total. The highest BCUT2D eigenvalue weighted by atomic mass is 15.6.